The number of nitrogens with zero attached hydrogens (tertiary/aromatic N) is 2. The number of nitrogens with one attached hydrogen (secondary N) is 2. The van der Waals surface area contributed by atoms with Crippen molar-refractivity contribution in [2.45, 2.75) is 50.5 Å². The van der Waals surface area contributed by atoms with Gasteiger partial charge in [0, 0.05) is 31.1 Å². The quantitative estimate of drug-likeness (QED) is 0.873. The maximum atomic E-state index is 12.0. The van der Waals surface area contributed by atoms with E-state index in [-0.39, 0.29) is 11.8 Å². The van der Waals surface area contributed by atoms with Crippen LogP contribution < -0.4 is 10.6 Å². The molecule has 0 radical (unpaired) electrons. The molecule has 2 aliphatic rings. The number of carbonyl (C=O) groups is 2. The number of amides is 2. The molecule has 6 nitrogen and oxygen atoms in total. The molecular weight excluding hydrogens is 256 g/mol. The van der Waals surface area contributed by atoms with E-state index in [1.165, 1.54) is 31.4 Å². The standard InChI is InChI=1S/C14H20N4O2/c1-18-11(9-4-2-3-5-9)8-12(17-18)16-14(20)10-6-7-13(19)15-10/h8-10H,2-7H2,1H3,(H,15,19)(H,16,17,20). The van der Waals surface area contributed by atoms with Crippen molar-refractivity contribution in [3.63, 3.8) is 0 Å². The smallest absolute Gasteiger partial charge is 0.248 e. The monoisotopic (exact) mass is 276 g/mol. The van der Waals surface area contributed by atoms with Gasteiger partial charge in [-0.15, -0.1) is 0 Å². The molecule has 1 aliphatic carbocycles. The fourth-order valence-electron chi connectivity index (χ4n) is 3.17. The van der Waals surface area contributed by atoms with Crippen LogP contribution in [-0.2, 0) is 16.6 Å². The Morgan fingerprint density at radius 1 is 1.40 bits per heavy atom. The van der Waals surface area contributed by atoms with Crippen LogP contribution in [0.15, 0.2) is 6.07 Å². The molecule has 2 amide bonds. The van der Waals surface area contributed by atoms with Crippen LogP contribution >= 0.6 is 0 Å². The molecule has 0 aromatic carbocycles. The second kappa shape index (κ2) is 5.26. The maximum absolute atomic E-state index is 12.0. The highest BCUT2D eigenvalue weighted by Crippen LogP contribution is 2.34. The molecule has 108 valence electrons. The average molecular weight is 276 g/mol. The van der Waals surface area contributed by atoms with Gasteiger partial charge in [0.25, 0.3) is 0 Å². The minimum absolute atomic E-state index is 0.0576. The van der Waals surface area contributed by atoms with E-state index in [9.17, 15) is 9.59 Å². The first-order valence-corrected chi connectivity index (χ1v) is 7.27. The van der Waals surface area contributed by atoms with Gasteiger partial charge < -0.3 is 10.6 Å². The highest BCUT2D eigenvalue weighted by Gasteiger charge is 2.28. The molecule has 1 saturated heterocycles. The van der Waals surface area contributed by atoms with E-state index in [1.807, 2.05) is 17.8 Å². The van der Waals surface area contributed by atoms with Gasteiger partial charge in [-0.25, -0.2) is 0 Å². The van der Waals surface area contributed by atoms with Crippen LogP contribution in [0.1, 0.15) is 50.1 Å². The Morgan fingerprint density at radius 2 is 2.15 bits per heavy atom. The van der Waals surface area contributed by atoms with Gasteiger partial charge in [0.1, 0.15) is 6.04 Å². The number of carbonyl (C=O) groups excluding carboxylic acids is 2. The van der Waals surface area contributed by atoms with Gasteiger partial charge >= 0.3 is 0 Å². The lowest BCUT2D eigenvalue weighted by atomic mass is 10.0. The zero-order valence-electron chi connectivity index (χ0n) is 11.7. The Morgan fingerprint density at radius 3 is 2.80 bits per heavy atom. The maximum Gasteiger partial charge on any atom is 0.248 e. The summed E-state index contributed by atoms with van der Waals surface area (Å²) >= 11 is 0. The molecule has 2 N–H and O–H groups in total. The first kappa shape index (κ1) is 13.1. The predicted octanol–water partition coefficient (Wildman–Crippen LogP) is 1.29. The molecule has 2 fully saturated rings. The summed E-state index contributed by atoms with van der Waals surface area (Å²) in [4.78, 5) is 23.2. The lowest BCUT2D eigenvalue weighted by Crippen LogP contribution is -2.37. The van der Waals surface area contributed by atoms with Crippen molar-refractivity contribution >= 4 is 17.6 Å². The zero-order chi connectivity index (χ0) is 14.1. The highest BCUT2D eigenvalue weighted by molar-refractivity contribution is 5.98. The largest absolute Gasteiger partial charge is 0.344 e. The Hall–Kier alpha value is -1.85. The highest BCUT2D eigenvalue weighted by atomic mass is 16.2. The molecular formula is C14H20N4O2. The summed E-state index contributed by atoms with van der Waals surface area (Å²) in [5.74, 6) is 0.912. The van der Waals surface area contributed by atoms with Crippen molar-refractivity contribution in [3.8, 4) is 0 Å². The third-order valence-corrected chi connectivity index (χ3v) is 4.25. The van der Waals surface area contributed by atoms with Gasteiger partial charge in [0.15, 0.2) is 5.82 Å². The Kier molecular flexibility index (Phi) is 3.46. The Bertz CT molecular complexity index is 531. The second-order valence-corrected chi connectivity index (χ2v) is 5.71. The van der Waals surface area contributed by atoms with Gasteiger partial charge in [-0.1, -0.05) is 12.8 Å². The molecule has 1 atom stereocenters. The summed E-state index contributed by atoms with van der Waals surface area (Å²) in [5, 5.41) is 9.83. The van der Waals surface area contributed by atoms with Crippen molar-refractivity contribution in [2.24, 2.45) is 7.05 Å². The van der Waals surface area contributed by atoms with E-state index in [0.29, 0.717) is 24.6 Å². The summed E-state index contributed by atoms with van der Waals surface area (Å²) in [5.41, 5.74) is 1.19. The number of hydrogen-bond donors (Lipinski definition) is 2. The molecule has 6 heteroatoms. The third-order valence-electron chi connectivity index (χ3n) is 4.25. The summed E-state index contributed by atoms with van der Waals surface area (Å²) in [6.45, 7) is 0. The molecule has 0 spiro atoms. The van der Waals surface area contributed by atoms with Crippen LogP contribution in [-0.4, -0.2) is 27.6 Å². The fraction of sp³-hybridized carbons (Fsp3) is 0.643. The number of aryl methyl sites for hydroxylation is 1. The number of rotatable bonds is 3. The van der Waals surface area contributed by atoms with Crippen molar-refractivity contribution in [2.75, 3.05) is 5.32 Å². The van der Waals surface area contributed by atoms with Crippen LogP contribution in [0.3, 0.4) is 0 Å². The van der Waals surface area contributed by atoms with Crippen LogP contribution in [0.5, 0.6) is 0 Å². The van der Waals surface area contributed by atoms with E-state index in [1.54, 1.807) is 0 Å². The summed E-state index contributed by atoms with van der Waals surface area (Å²) in [6, 6.07) is 1.55. The normalized spacial score (nSPS) is 23.1. The molecule has 3 rings (SSSR count). The van der Waals surface area contributed by atoms with Crippen LogP contribution in [0.4, 0.5) is 5.82 Å². The van der Waals surface area contributed by atoms with Gasteiger partial charge in [-0.2, -0.15) is 5.10 Å². The van der Waals surface area contributed by atoms with Crippen LogP contribution in [0.2, 0.25) is 0 Å². The van der Waals surface area contributed by atoms with Crippen molar-refractivity contribution in [3.05, 3.63) is 11.8 Å². The molecule has 2 heterocycles. The van der Waals surface area contributed by atoms with E-state index in [4.69, 9.17) is 0 Å². The SMILES string of the molecule is Cn1nc(NC(=O)C2CCC(=O)N2)cc1C1CCCC1. The van der Waals surface area contributed by atoms with Crippen LogP contribution in [0.25, 0.3) is 0 Å². The third kappa shape index (κ3) is 2.55. The van der Waals surface area contributed by atoms with Crippen molar-refractivity contribution in [1.29, 1.82) is 0 Å². The molecule has 1 aromatic rings. The lowest BCUT2D eigenvalue weighted by molar-refractivity contribution is -0.122. The fourth-order valence-corrected chi connectivity index (χ4v) is 3.17. The van der Waals surface area contributed by atoms with Crippen LogP contribution in [0, 0.1) is 0 Å². The number of anilines is 1. The Labute approximate surface area is 117 Å². The minimum Gasteiger partial charge on any atom is -0.344 e. The first-order chi connectivity index (χ1) is 9.63. The molecule has 0 bridgehead atoms. The van der Waals surface area contributed by atoms with E-state index < -0.39 is 6.04 Å². The second-order valence-electron chi connectivity index (χ2n) is 5.71. The zero-order valence-corrected chi connectivity index (χ0v) is 11.7. The van der Waals surface area contributed by atoms with E-state index in [0.717, 1.165) is 0 Å². The van der Waals surface area contributed by atoms with E-state index in [2.05, 4.69) is 15.7 Å². The predicted molar refractivity (Wildman–Crippen MR) is 74.2 cm³/mol. The van der Waals surface area contributed by atoms with Crippen molar-refractivity contribution < 1.29 is 9.59 Å². The lowest BCUT2D eigenvalue weighted by Gasteiger charge is -2.08. The molecule has 20 heavy (non-hydrogen) atoms. The average Bonchev–Trinajstić information content (AvgIpc) is 3.10. The van der Waals surface area contributed by atoms with Crippen molar-refractivity contribution in [1.82, 2.24) is 15.1 Å². The summed E-state index contributed by atoms with van der Waals surface area (Å²) in [6.07, 6.45) is 5.93. The number of aromatic nitrogens is 2. The molecule has 1 aromatic heterocycles. The van der Waals surface area contributed by atoms with Gasteiger partial charge in [0.2, 0.25) is 11.8 Å². The van der Waals surface area contributed by atoms with E-state index >= 15 is 0 Å². The molecule has 1 aliphatic heterocycles. The summed E-state index contributed by atoms with van der Waals surface area (Å²) < 4.78 is 1.86. The molecule has 1 saturated carbocycles. The number of hydrogen-bond acceptors (Lipinski definition) is 3. The van der Waals surface area contributed by atoms with Gasteiger partial charge in [-0.3, -0.25) is 14.3 Å². The van der Waals surface area contributed by atoms with Gasteiger partial charge in [-0.05, 0) is 19.3 Å². The summed E-state index contributed by atoms with van der Waals surface area (Å²) in [7, 11) is 1.92. The minimum atomic E-state index is -0.417. The van der Waals surface area contributed by atoms with Gasteiger partial charge in [0.05, 0.1) is 0 Å². The Balaban J connectivity index is 1.67. The first-order valence-electron chi connectivity index (χ1n) is 7.27. The topological polar surface area (TPSA) is 76.0 Å². The molecule has 1 unspecified atom stereocenters.